The zero-order valence-electron chi connectivity index (χ0n) is 7.92. The Morgan fingerprint density at radius 3 is 3.00 bits per heavy atom. The van der Waals surface area contributed by atoms with Gasteiger partial charge in [0.2, 0.25) is 12.5 Å². The molecule has 1 aromatic rings. The van der Waals surface area contributed by atoms with Gasteiger partial charge in [0.05, 0.1) is 0 Å². The summed E-state index contributed by atoms with van der Waals surface area (Å²) >= 11 is 0. The Bertz CT molecular complexity index is 354. The number of benzene rings is 1. The molecular weight excluding hydrogens is 185 g/mol. The lowest BCUT2D eigenvalue weighted by molar-refractivity contribution is 0.171. The van der Waals surface area contributed by atoms with Gasteiger partial charge in [-0.05, 0) is 30.2 Å². The SMILES string of the molecule is CC(CN)c1cc(F)c2c(c1)OCO2. The van der Waals surface area contributed by atoms with Crippen molar-refractivity contribution in [3.05, 3.63) is 23.5 Å². The minimum atomic E-state index is -0.379. The molecule has 1 unspecified atom stereocenters. The molecule has 1 heterocycles. The number of rotatable bonds is 2. The van der Waals surface area contributed by atoms with E-state index in [1.54, 1.807) is 6.07 Å². The van der Waals surface area contributed by atoms with Gasteiger partial charge in [-0.3, -0.25) is 0 Å². The summed E-state index contributed by atoms with van der Waals surface area (Å²) in [5.41, 5.74) is 6.35. The molecule has 0 amide bonds. The highest BCUT2D eigenvalue weighted by molar-refractivity contribution is 5.46. The summed E-state index contributed by atoms with van der Waals surface area (Å²) in [6, 6.07) is 3.23. The fourth-order valence-electron chi connectivity index (χ4n) is 1.41. The average Bonchev–Trinajstić information content (AvgIpc) is 2.64. The van der Waals surface area contributed by atoms with Crippen molar-refractivity contribution < 1.29 is 13.9 Å². The van der Waals surface area contributed by atoms with Crippen molar-refractivity contribution in [2.45, 2.75) is 12.8 Å². The van der Waals surface area contributed by atoms with Crippen LogP contribution in [0.5, 0.6) is 11.5 Å². The molecule has 0 saturated carbocycles. The van der Waals surface area contributed by atoms with Crippen molar-refractivity contribution >= 4 is 0 Å². The van der Waals surface area contributed by atoms with Crippen LogP contribution in [0.4, 0.5) is 4.39 Å². The normalized spacial score (nSPS) is 15.6. The molecule has 14 heavy (non-hydrogen) atoms. The second kappa shape index (κ2) is 3.46. The fraction of sp³-hybridized carbons (Fsp3) is 0.400. The van der Waals surface area contributed by atoms with E-state index in [-0.39, 0.29) is 24.3 Å². The summed E-state index contributed by atoms with van der Waals surface area (Å²) in [4.78, 5) is 0. The van der Waals surface area contributed by atoms with Crippen molar-refractivity contribution in [3.8, 4) is 11.5 Å². The molecule has 4 heteroatoms. The van der Waals surface area contributed by atoms with Crippen LogP contribution in [-0.2, 0) is 0 Å². The third kappa shape index (κ3) is 1.42. The first-order valence-corrected chi connectivity index (χ1v) is 4.51. The monoisotopic (exact) mass is 197 g/mol. The van der Waals surface area contributed by atoms with Crippen LogP contribution in [0, 0.1) is 5.82 Å². The van der Waals surface area contributed by atoms with Crippen molar-refractivity contribution in [1.82, 2.24) is 0 Å². The van der Waals surface area contributed by atoms with E-state index in [0.29, 0.717) is 12.3 Å². The standard InChI is InChI=1S/C10H12FNO2/c1-6(4-12)7-2-8(11)10-9(3-7)13-5-14-10/h2-3,6H,4-5,12H2,1H3. The van der Waals surface area contributed by atoms with Gasteiger partial charge in [0.25, 0.3) is 0 Å². The van der Waals surface area contributed by atoms with Crippen LogP contribution >= 0.6 is 0 Å². The highest BCUT2D eigenvalue weighted by Gasteiger charge is 2.20. The Morgan fingerprint density at radius 2 is 2.29 bits per heavy atom. The summed E-state index contributed by atoms with van der Waals surface area (Å²) in [5, 5.41) is 0. The maximum absolute atomic E-state index is 13.4. The van der Waals surface area contributed by atoms with E-state index in [1.807, 2.05) is 6.92 Å². The molecule has 1 aliphatic rings. The van der Waals surface area contributed by atoms with E-state index in [1.165, 1.54) is 6.07 Å². The molecule has 3 nitrogen and oxygen atoms in total. The molecule has 0 radical (unpaired) electrons. The molecule has 2 rings (SSSR count). The zero-order chi connectivity index (χ0) is 10.1. The predicted octanol–water partition coefficient (Wildman–Crippen LogP) is 1.62. The summed E-state index contributed by atoms with van der Waals surface area (Å²) in [6.07, 6.45) is 0. The molecule has 0 aliphatic carbocycles. The molecule has 0 aromatic heterocycles. The maximum Gasteiger partial charge on any atom is 0.231 e. The van der Waals surface area contributed by atoms with Gasteiger partial charge in [0.15, 0.2) is 11.6 Å². The topological polar surface area (TPSA) is 44.5 Å². The largest absolute Gasteiger partial charge is 0.453 e. The van der Waals surface area contributed by atoms with Crippen LogP contribution < -0.4 is 15.2 Å². The number of hydrogen-bond donors (Lipinski definition) is 1. The van der Waals surface area contributed by atoms with E-state index in [9.17, 15) is 4.39 Å². The highest BCUT2D eigenvalue weighted by atomic mass is 19.1. The Labute approximate surface area is 81.6 Å². The molecule has 76 valence electrons. The molecule has 1 aromatic carbocycles. The minimum Gasteiger partial charge on any atom is -0.453 e. The van der Waals surface area contributed by atoms with Crippen LogP contribution in [0.25, 0.3) is 0 Å². The fourth-order valence-corrected chi connectivity index (χ4v) is 1.41. The lowest BCUT2D eigenvalue weighted by atomic mass is 10.0. The van der Waals surface area contributed by atoms with Gasteiger partial charge in [0.1, 0.15) is 0 Å². The Kier molecular flexibility index (Phi) is 2.29. The van der Waals surface area contributed by atoms with Gasteiger partial charge in [0, 0.05) is 0 Å². The van der Waals surface area contributed by atoms with Crippen LogP contribution in [0.2, 0.25) is 0 Å². The summed E-state index contributed by atoms with van der Waals surface area (Å²) in [7, 11) is 0. The molecule has 2 N–H and O–H groups in total. The minimum absolute atomic E-state index is 0.0900. The quantitative estimate of drug-likeness (QED) is 0.783. The number of halogens is 1. The summed E-state index contributed by atoms with van der Waals surface area (Å²) in [6.45, 7) is 2.52. The maximum atomic E-state index is 13.4. The van der Waals surface area contributed by atoms with E-state index in [4.69, 9.17) is 15.2 Å². The predicted molar refractivity (Wildman–Crippen MR) is 50.0 cm³/mol. The highest BCUT2D eigenvalue weighted by Crippen LogP contribution is 2.37. The first-order chi connectivity index (χ1) is 6.72. The smallest absolute Gasteiger partial charge is 0.231 e. The van der Waals surface area contributed by atoms with Crippen molar-refractivity contribution in [3.63, 3.8) is 0 Å². The summed E-state index contributed by atoms with van der Waals surface area (Å²) < 4.78 is 23.5. The Balaban J connectivity index is 2.41. The van der Waals surface area contributed by atoms with Gasteiger partial charge in [-0.25, -0.2) is 4.39 Å². The van der Waals surface area contributed by atoms with Crippen LogP contribution in [0.1, 0.15) is 18.4 Å². The second-order valence-electron chi connectivity index (χ2n) is 3.37. The first-order valence-electron chi connectivity index (χ1n) is 4.51. The van der Waals surface area contributed by atoms with Gasteiger partial charge >= 0.3 is 0 Å². The van der Waals surface area contributed by atoms with Crippen LogP contribution in [-0.4, -0.2) is 13.3 Å². The molecule has 0 saturated heterocycles. The van der Waals surface area contributed by atoms with Crippen molar-refractivity contribution in [1.29, 1.82) is 0 Å². The van der Waals surface area contributed by atoms with Gasteiger partial charge in [-0.15, -0.1) is 0 Å². The number of nitrogens with two attached hydrogens (primary N) is 1. The van der Waals surface area contributed by atoms with Crippen LogP contribution in [0.15, 0.2) is 12.1 Å². The van der Waals surface area contributed by atoms with Gasteiger partial charge in [-0.1, -0.05) is 6.92 Å². The number of fused-ring (bicyclic) bond motifs is 1. The van der Waals surface area contributed by atoms with E-state index < -0.39 is 0 Å². The third-order valence-corrected chi connectivity index (χ3v) is 2.37. The molecule has 1 aliphatic heterocycles. The molecule has 0 fully saturated rings. The van der Waals surface area contributed by atoms with Crippen LogP contribution in [0.3, 0.4) is 0 Å². The molecular formula is C10H12FNO2. The van der Waals surface area contributed by atoms with E-state index in [0.717, 1.165) is 5.56 Å². The lowest BCUT2D eigenvalue weighted by Crippen LogP contribution is -2.09. The first kappa shape index (κ1) is 9.27. The van der Waals surface area contributed by atoms with Gasteiger partial charge < -0.3 is 15.2 Å². The van der Waals surface area contributed by atoms with E-state index >= 15 is 0 Å². The van der Waals surface area contributed by atoms with Crippen molar-refractivity contribution in [2.75, 3.05) is 13.3 Å². The second-order valence-corrected chi connectivity index (χ2v) is 3.37. The van der Waals surface area contributed by atoms with Crippen molar-refractivity contribution in [2.24, 2.45) is 5.73 Å². The Morgan fingerprint density at radius 1 is 1.50 bits per heavy atom. The molecule has 0 bridgehead atoms. The van der Waals surface area contributed by atoms with E-state index in [2.05, 4.69) is 0 Å². The van der Waals surface area contributed by atoms with Gasteiger partial charge in [-0.2, -0.15) is 0 Å². The average molecular weight is 197 g/mol. The third-order valence-electron chi connectivity index (χ3n) is 2.37. The lowest BCUT2D eigenvalue weighted by Gasteiger charge is -2.09. The Hall–Kier alpha value is -1.29. The summed E-state index contributed by atoms with van der Waals surface area (Å²) in [5.74, 6) is 0.424. The zero-order valence-corrected chi connectivity index (χ0v) is 7.92. The molecule has 0 spiro atoms. The molecule has 1 atom stereocenters. The number of hydrogen-bond acceptors (Lipinski definition) is 3. The number of ether oxygens (including phenoxy) is 2.